The van der Waals surface area contributed by atoms with Crippen LogP contribution in [0.25, 0.3) is 0 Å². The second-order valence-electron chi connectivity index (χ2n) is 2.08. The zero-order valence-electron chi connectivity index (χ0n) is 5.89. The van der Waals surface area contributed by atoms with E-state index in [-0.39, 0.29) is 5.91 Å². The Bertz CT molecular complexity index is 81.0. The van der Waals surface area contributed by atoms with Gasteiger partial charge in [-0.1, -0.05) is 19.8 Å². The van der Waals surface area contributed by atoms with Crippen LogP contribution in [0.4, 0.5) is 0 Å². The van der Waals surface area contributed by atoms with E-state index in [1.165, 1.54) is 0 Å². The number of hydrogen-bond acceptors (Lipinski definition) is 1. The van der Waals surface area contributed by atoms with Crippen molar-refractivity contribution in [3.8, 4) is 0 Å². The van der Waals surface area contributed by atoms with Gasteiger partial charge < -0.3 is 5.73 Å². The molecule has 1 amide bonds. The lowest BCUT2D eigenvalue weighted by atomic mass is 10.1. The van der Waals surface area contributed by atoms with Gasteiger partial charge in [-0.2, -0.15) is 0 Å². The lowest BCUT2D eigenvalue weighted by molar-refractivity contribution is -0.118. The number of primary amides is 1. The van der Waals surface area contributed by atoms with E-state index >= 15 is 0 Å². The van der Waals surface area contributed by atoms with Crippen LogP contribution in [0.5, 0.6) is 0 Å². The highest BCUT2D eigenvalue weighted by Gasteiger charge is 1.92. The highest BCUT2D eigenvalue weighted by atomic mass is 16.1. The summed E-state index contributed by atoms with van der Waals surface area (Å²) in [4.78, 5) is 10.2. The maximum absolute atomic E-state index is 10.2. The Hall–Kier alpha value is -0.530. The van der Waals surface area contributed by atoms with Gasteiger partial charge in [0.25, 0.3) is 0 Å². The van der Waals surface area contributed by atoms with E-state index < -0.39 is 0 Å². The van der Waals surface area contributed by atoms with Gasteiger partial charge in [-0.25, -0.2) is 0 Å². The molecule has 0 aromatic heterocycles. The van der Waals surface area contributed by atoms with Crippen LogP contribution in [0, 0.1) is 6.42 Å². The minimum absolute atomic E-state index is 0.206. The highest BCUT2D eigenvalue weighted by molar-refractivity contribution is 5.73. The fourth-order valence-corrected chi connectivity index (χ4v) is 0.593. The molecule has 0 aliphatic carbocycles. The molecule has 53 valence electrons. The maximum atomic E-state index is 10.2. The molecule has 2 nitrogen and oxygen atoms in total. The molecule has 2 N–H and O–H groups in total. The van der Waals surface area contributed by atoms with Crippen LogP contribution in [0.2, 0.25) is 0 Å². The van der Waals surface area contributed by atoms with Gasteiger partial charge in [0.2, 0.25) is 5.91 Å². The van der Waals surface area contributed by atoms with Crippen molar-refractivity contribution in [2.24, 2.45) is 5.73 Å². The third-order valence-electron chi connectivity index (χ3n) is 1.09. The molecule has 0 saturated heterocycles. The van der Waals surface area contributed by atoms with Gasteiger partial charge in [0.1, 0.15) is 0 Å². The second kappa shape index (κ2) is 5.60. The van der Waals surface area contributed by atoms with Crippen molar-refractivity contribution in [3.63, 3.8) is 0 Å². The van der Waals surface area contributed by atoms with Crippen LogP contribution in [-0.2, 0) is 4.79 Å². The summed E-state index contributed by atoms with van der Waals surface area (Å²) in [6.45, 7) is 2.11. The molecule has 0 saturated carbocycles. The van der Waals surface area contributed by atoms with E-state index in [9.17, 15) is 4.79 Å². The largest absolute Gasteiger partial charge is 0.370 e. The van der Waals surface area contributed by atoms with Crippen LogP contribution in [0.1, 0.15) is 32.6 Å². The Morgan fingerprint density at radius 3 is 2.67 bits per heavy atom. The molecule has 0 aliphatic heterocycles. The van der Waals surface area contributed by atoms with Crippen molar-refractivity contribution < 1.29 is 4.79 Å². The summed E-state index contributed by atoms with van der Waals surface area (Å²) < 4.78 is 0. The van der Waals surface area contributed by atoms with Gasteiger partial charge in [0, 0.05) is 6.42 Å². The van der Waals surface area contributed by atoms with Gasteiger partial charge in [-0.3, -0.25) is 4.79 Å². The maximum Gasteiger partial charge on any atom is 0.217 e. The second-order valence-corrected chi connectivity index (χ2v) is 2.08. The number of rotatable bonds is 5. The zero-order chi connectivity index (χ0) is 7.11. The summed E-state index contributed by atoms with van der Waals surface area (Å²) in [5, 5.41) is 0. The molecule has 0 unspecified atom stereocenters. The standard InChI is InChI=1S/C7H14NO/c1-2-3-4-5-6-7(8)9/h4H,2-3,5-6H2,1H3,(H2,8,9). The number of unbranched alkanes of at least 4 members (excludes halogenated alkanes) is 3. The molecule has 0 bridgehead atoms. The van der Waals surface area contributed by atoms with E-state index in [0.29, 0.717) is 6.42 Å². The van der Waals surface area contributed by atoms with Crippen LogP contribution >= 0.6 is 0 Å². The smallest absolute Gasteiger partial charge is 0.217 e. The Labute approximate surface area is 56.4 Å². The lowest BCUT2D eigenvalue weighted by Crippen LogP contribution is -2.09. The molecule has 0 fully saturated rings. The van der Waals surface area contributed by atoms with Crippen molar-refractivity contribution in [1.82, 2.24) is 0 Å². The summed E-state index contributed by atoms with van der Waals surface area (Å²) in [6.07, 6.45) is 5.68. The third-order valence-corrected chi connectivity index (χ3v) is 1.09. The number of carbonyl (C=O) groups excluding carboxylic acids is 1. The molecule has 9 heavy (non-hydrogen) atoms. The molecule has 1 radical (unpaired) electrons. The van der Waals surface area contributed by atoms with Crippen molar-refractivity contribution in [2.75, 3.05) is 0 Å². The molecule has 0 aromatic carbocycles. The van der Waals surface area contributed by atoms with Gasteiger partial charge in [-0.05, 0) is 12.8 Å². The van der Waals surface area contributed by atoms with E-state index in [1.807, 2.05) is 0 Å². The first-order valence-electron chi connectivity index (χ1n) is 3.37. The summed E-state index contributed by atoms with van der Waals surface area (Å²) in [6, 6.07) is 0. The predicted molar refractivity (Wildman–Crippen MR) is 37.6 cm³/mol. The highest BCUT2D eigenvalue weighted by Crippen LogP contribution is 1.99. The zero-order valence-corrected chi connectivity index (χ0v) is 5.89. The Morgan fingerprint density at radius 2 is 2.22 bits per heavy atom. The first-order valence-corrected chi connectivity index (χ1v) is 3.37. The molecule has 0 atom stereocenters. The van der Waals surface area contributed by atoms with Crippen LogP contribution < -0.4 is 5.73 Å². The molecule has 0 aliphatic rings. The molecule has 0 aromatic rings. The van der Waals surface area contributed by atoms with E-state index in [4.69, 9.17) is 5.73 Å². The number of amides is 1. The molecular formula is C7H14NO. The van der Waals surface area contributed by atoms with E-state index in [0.717, 1.165) is 19.3 Å². The third kappa shape index (κ3) is 7.47. The predicted octanol–water partition coefficient (Wildman–Crippen LogP) is 1.26. The Balaban J connectivity index is 2.83. The average molecular weight is 128 g/mol. The fourth-order valence-electron chi connectivity index (χ4n) is 0.593. The van der Waals surface area contributed by atoms with Crippen molar-refractivity contribution in [3.05, 3.63) is 6.42 Å². The minimum Gasteiger partial charge on any atom is -0.370 e. The van der Waals surface area contributed by atoms with Gasteiger partial charge in [0.15, 0.2) is 0 Å². The molecule has 0 rings (SSSR count). The Morgan fingerprint density at radius 1 is 1.56 bits per heavy atom. The molecular weight excluding hydrogens is 114 g/mol. The average Bonchev–Trinajstić information content (AvgIpc) is 1.80. The van der Waals surface area contributed by atoms with Crippen molar-refractivity contribution in [1.29, 1.82) is 0 Å². The normalized spacial score (nSPS) is 9.44. The lowest BCUT2D eigenvalue weighted by Gasteiger charge is -1.93. The summed E-state index contributed by atoms with van der Waals surface area (Å²) >= 11 is 0. The van der Waals surface area contributed by atoms with Crippen LogP contribution in [0.15, 0.2) is 0 Å². The van der Waals surface area contributed by atoms with Crippen molar-refractivity contribution in [2.45, 2.75) is 32.6 Å². The topological polar surface area (TPSA) is 43.1 Å². The van der Waals surface area contributed by atoms with Gasteiger partial charge in [-0.15, -0.1) is 0 Å². The summed E-state index contributed by atoms with van der Waals surface area (Å²) in [7, 11) is 0. The molecule has 0 spiro atoms. The van der Waals surface area contributed by atoms with E-state index in [2.05, 4.69) is 13.3 Å². The van der Waals surface area contributed by atoms with Crippen molar-refractivity contribution >= 4 is 5.91 Å². The number of carbonyl (C=O) groups is 1. The first-order chi connectivity index (χ1) is 4.27. The Kier molecular flexibility index (Phi) is 5.27. The number of nitrogens with two attached hydrogens (primary N) is 1. The minimum atomic E-state index is -0.206. The van der Waals surface area contributed by atoms with Gasteiger partial charge >= 0.3 is 0 Å². The fraction of sp³-hybridized carbons (Fsp3) is 0.714. The van der Waals surface area contributed by atoms with E-state index in [1.54, 1.807) is 0 Å². The van der Waals surface area contributed by atoms with Gasteiger partial charge in [0.05, 0.1) is 0 Å². The van der Waals surface area contributed by atoms with Crippen LogP contribution in [0.3, 0.4) is 0 Å². The first kappa shape index (κ1) is 8.47. The quantitative estimate of drug-likeness (QED) is 0.556. The SMILES string of the molecule is CCC[CH]CCC(N)=O. The van der Waals surface area contributed by atoms with Crippen LogP contribution in [-0.4, -0.2) is 5.91 Å². The monoisotopic (exact) mass is 128 g/mol. The summed E-state index contributed by atoms with van der Waals surface area (Å²) in [5.41, 5.74) is 4.92. The summed E-state index contributed by atoms with van der Waals surface area (Å²) in [5.74, 6) is -0.206. The molecule has 2 heteroatoms. The molecule has 0 heterocycles. The number of hydrogen-bond donors (Lipinski definition) is 1.